The summed E-state index contributed by atoms with van der Waals surface area (Å²) in [5.41, 5.74) is 3.01. The van der Waals surface area contributed by atoms with Crippen LogP contribution < -0.4 is 40.6 Å². The zero-order valence-corrected chi connectivity index (χ0v) is 14.8. The smallest absolute Gasteiger partial charge is 0.746 e. The van der Waals surface area contributed by atoms with Crippen molar-refractivity contribution in [2.24, 2.45) is 5.16 Å². The molecule has 1 aromatic heterocycles. The number of nitrogens with two attached hydrogens (primary N) is 1. The van der Waals surface area contributed by atoms with E-state index in [9.17, 15) is 17.8 Å². The van der Waals surface area contributed by atoms with Crippen LogP contribution in [-0.4, -0.2) is 53.8 Å². The van der Waals surface area contributed by atoms with Gasteiger partial charge in [0.05, 0.1) is 6.54 Å². The topological polar surface area (TPSA) is 167 Å². The van der Waals surface area contributed by atoms with Crippen LogP contribution in [0.3, 0.4) is 0 Å². The molecule has 0 aromatic carbocycles. The Bertz CT molecular complexity index is 616. The molecule has 1 amide bonds. The summed E-state index contributed by atoms with van der Waals surface area (Å²) in [7, 11) is -3.72. The first-order chi connectivity index (χ1) is 9.25. The quantitative estimate of drug-likeness (QED) is 0.199. The van der Waals surface area contributed by atoms with Gasteiger partial charge in [-0.3, -0.25) is 4.79 Å². The number of aliphatic hydroxyl groups is 1. The number of nitrogen functional groups attached to an aromatic ring is 1. The van der Waals surface area contributed by atoms with Gasteiger partial charge < -0.3 is 25.5 Å². The fourth-order valence-electron chi connectivity index (χ4n) is 1.06. The summed E-state index contributed by atoms with van der Waals surface area (Å²) in [4.78, 5) is 20.0. The van der Waals surface area contributed by atoms with Crippen LogP contribution in [0.5, 0.6) is 0 Å². The number of carbonyl (C=O) groups is 1. The van der Waals surface area contributed by atoms with Crippen molar-refractivity contribution in [2.75, 3.05) is 19.4 Å². The van der Waals surface area contributed by atoms with Crippen LogP contribution in [0.1, 0.15) is 5.69 Å². The van der Waals surface area contributed by atoms with Crippen molar-refractivity contribution in [3.8, 4) is 0 Å². The van der Waals surface area contributed by atoms with E-state index in [2.05, 4.69) is 15.0 Å². The molecule has 0 radical (unpaired) electrons. The summed E-state index contributed by atoms with van der Waals surface area (Å²) in [5.74, 6) is -0.875. The van der Waals surface area contributed by atoms with E-state index in [0.29, 0.717) is 0 Å². The summed E-state index contributed by atoms with van der Waals surface area (Å²) in [6.45, 7) is -0.785. The van der Waals surface area contributed by atoms with Crippen molar-refractivity contribution in [3.05, 3.63) is 11.1 Å². The summed E-state index contributed by atoms with van der Waals surface area (Å²) in [6, 6.07) is 0. The summed E-state index contributed by atoms with van der Waals surface area (Å²) >= 11 is 1.06. The van der Waals surface area contributed by atoms with Gasteiger partial charge >= 0.3 is 29.6 Å². The zero-order chi connectivity index (χ0) is 15.3. The molecule has 1 rings (SSSR count). The van der Waals surface area contributed by atoms with E-state index < -0.39 is 28.0 Å². The van der Waals surface area contributed by atoms with E-state index >= 15 is 0 Å². The second-order valence-electron chi connectivity index (χ2n) is 3.35. The maximum atomic E-state index is 11.8. The van der Waals surface area contributed by atoms with Crippen LogP contribution in [0.4, 0.5) is 5.13 Å². The molecular weight excluding hydrogens is 335 g/mol. The zero-order valence-electron chi connectivity index (χ0n) is 11.1. The van der Waals surface area contributed by atoms with Gasteiger partial charge in [0, 0.05) is 5.38 Å². The number of rotatable bonds is 6. The van der Waals surface area contributed by atoms with Crippen LogP contribution in [0, 0.1) is 0 Å². The third kappa shape index (κ3) is 6.25. The number of anilines is 1. The Morgan fingerprint density at radius 1 is 1.71 bits per heavy atom. The maximum absolute atomic E-state index is 11.8. The Labute approximate surface area is 146 Å². The Morgan fingerprint density at radius 3 is 2.76 bits per heavy atom. The molecule has 1 heterocycles. The molecule has 1 unspecified atom stereocenters. The third-order valence-electron chi connectivity index (χ3n) is 1.93. The standard InChI is InChI=1S/C8H12N4O6S2.Na/c1-18-12-6(4-3-19-8(9)11-4)7(14)10-2-5(13)20(15,16)17;/h3,5,13H,2H2,1H3,(H2,9,11)(H,10,14)(H,15,16,17);/q;+1/p-1/b12-6-;. The van der Waals surface area contributed by atoms with Gasteiger partial charge in [-0.2, -0.15) is 0 Å². The average Bonchev–Trinajstić information content (AvgIpc) is 2.77. The average molecular weight is 346 g/mol. The SMILES string of the molecule is CO/N=C(\C(=O)NCC(O)S(=O)(=O)[O-])c1csc(N)n1.[Na+]. The van der Waals surface area contributed by atoms with Crippen LogP contribution >= 0.6 is 11.3 Å². The molecule has 0 aliphatic heterocycles. The molecule has 112 valence electrons. The van der Waals surface area contributed by atoms with Crippen molar-refractivity contribution in [3.63, 3.8) is 0 Å². The van der Waals surface area contributed by atoms with Gasteiger partial charge in [-0.05, 0) is 0 Å². The van der Waals surface area contributed by atoms with Crippen molar-refractivity contribution < 1.29 is 57.3 Å². The number of carbonyl (C=O) groups excluding carboxylic acids is 1. The fourth-order valence-corrected chi connectivity index (χ4v) is 1.89. The van der Waals surface area contributed by atoms with Crippen LogP contribution in [0.15, 0.2) is 10.5 Å². The van der Waals surface area contributed by atoms with Crippen LogP contribution in [-0.2, 0) is 19.8 Å². The number of oxime groups is 1. The summed E-state index contributed by atoms with van der Waals surface area (Å²) < 4.78 is 31.4. The summed E-state index contributed by atoms with van der Waals surface area (Å²) in [5, 5.41) is 16.1. The fraction of sp³-hybridized carbons (Fsp3) is 0.375. The van der Waals surface area contributed by atoms with Crippen molar-refractivity contribution in [1.82, 2.24) is 10.3 Å². The number of hydrogen-bond acceptors (Lipinski definition) is 10. The molecule has 0 aliphatic rings. The third-order valence-corrected chi connectivity index (χ3v) is 3.44. The minimum Gasteiger partial charge on any atom is -0.746 e. The van der Waals surface area contributed by atoms with Crippen molar-refractivity contribution >= 4 is 38.2 Å². The Balaban J connectivity index is 0.00000400. The van der Waals surface area contributed by atoms with Gasteiger partial charge in [-0.1, -0.05) is 5.16 Å². The first-order valence-corrected chi connectivity index (χ1v) is 7.34. The molecule has 21 heavy (non-hydrogen) atoms. The molecule has 0 aliphatic carbocycles. The number of nitrogens with one attached hydrogen (secondary N) is 1. The minimum atomic E-state index is -4.91. The van der Waals surface area contributed by atoms with Gasteiger partial charge in [-0.15, -0.1) is 11.3 Å². The maximum Gasteiger partial charge on any atom is 1.00 e. The van der Waals surface area contributed by atoms with Crippen LogP contribution in [0.25, 0.3) is 0 Å². The number of aliphatic hydroxyl groups excluding tert-OH is 1. The molecule has 1 aromatic rings. The molecule has 4 N–H and O–H groups in total. The normalized spacial score (nSPS) is 13.2. The second kappa shape index (κ2) is 8.63. The monoisotopic (exact) mass is 346 g/mol. The summed E-state index contributed by atoms with van der Waals surface area (Å²) in [6.07, 6.45) is 0. The van der Waals surface area contributed by atoms with E-state index in [1.54, 1.807) is 0 Å². The van der Waals surface area contributed by atoms with E-state index in [1.807, 2.05) is 5.32 Å². The largest absolute Gasteiger partial charge is 1.00 e. The second-order valence-corrected chi connectivity index (χ2v) is 5.77. The van der Waals surface area contributed by atoms with Gasteiger partial charge in [-0.25, -0.2) is 13.4 Å². The number of hydrogen-bond donors (Lipinski definition) is 3. The number of nitrogens with zero attached hydrogens (tertiary/aromatic N) is 2. The predicted molar refractivity (Wildman–Crippen MR) is 68.8 cm³/mol. The Hall–Kier alpha value is -0.760. The molecule has 0 spiro atoms. The molecule has 10 nitrogen and oxygen atoms in total. The first-order valence-electron chi connectivity index (χ1n) is 4.99. The van der Waals surface area contributed by atoms with Gasteiger partial charge in [0.2, 0.25) is 0 Å². The van der Waals surface area contributed by atoms with Gasteiger partial charge in [0.25, 0.3) is 5.91 Å². The minimum absolute atomic E-state index is 0. The van der Waals surface area contributed by atoms with E-state index in [4.69, 9.17) is 10.8 Å². The van der Waals surface area contributed by atoms with E-state index in [1.165, 1.54) is 12.5 Å². The number of aromatic nitrogens is 1. The van der Waals surface area contributed by atoms with Crippen molar-refractivity contribution in [1.29, 1.82) is 0 Å². The van der Waals surface area contributed by atoms with Gasteiger partial charge in [0.15, 0.2) is 16.3 Å². The Morgan fingerprint density at radius 2 is 2.33 bits per heavy atom. The van der Waals surface area contributed by atoms with E-state index in [0.717, 1.165) is 11.3 Å². The van der Waals surface area contributed by atoms with Crippen molar-refractivity contribution in [2.45, 2.75) is 5.44 Å². The Kier molecular flexibility index (Phi) is 8.31. The number of thiazole rings is 1. The molecule has 0 bridgehead atoms. The first kappa shape index (κ1) is 20.2. The molecule has 0 fully saturated rings. The predicted octanol–water partition coefficient (Wildman–Crippen LogP) is -4.94. The molecule has 0 saturated heterocycles. The van der Waals surface area contributed by atoms with Gasteiger partial charge in [0.1, 0.15) is 22.9 Å². The molecule has 13 heteroatoms. The molecular formula is C8H11N4NaO6S2. The molecule has 1 atom stereocenters. The number of amides is 1. The molecule has 0 saturated carbocycles. The van der Waals surface area contributed by atoms with E-state index in [-0.39, 0.29) is 46.1 Å². The van der Waals surface area contributed by atoms with Crippen LogP contribution in [0.2, 0.25) is 0 Å².